The minimum atomic E-state index is -0.464. The van der Waals surface area contributed by atoms with Gasteiger partial charge in [-0.3, -0.25) is 14.9 Å². The third kappa shape index (κ3) is 4.18. The molecule has 3 rings (SSSR count). The Hall–Kier alpha value is -2.93. The number of nitrogens with one attached hydrogen (secondary N) is 2. The van der Waals surface area contributed by atoms with Crippen molar-refractivity contribution in [2.75, 3.05) is 42.9 Å². The predicted octanol–water partition coefficient (Wildman–Crippen LogP) is 1.25. The van der Waals surface area contributed by atoms with Crippen molar-refractivity contribution in [2.24, 2.45) is 0 Å². The van der Waals surface area contributed by atoms with Gasteiger partial charge in [0, 0.05) is 11.8 Å². The number of aryl methyl sites for hydroxylation is 1. The molecule has 7 heteroatoms. The Bertz CT molecular complexity index is 787. The van der Waals surface area contributed by atoms with Crippen LogP contribution in [0.25, 0.3) is 0 Å². The lowest BCUT2D eigenvalue weighted by Crippen LogP contribution is -3.15. The smallest absolute Gasteiger partial charge is 0.293 e. The Balaban J connectivity index is 1.56. The first-order valence-electron chi connectivity index (χ1n) is 8.72. The fourth-order valence-corrected chi connectivity index (χ4v) is 3.27. The number of amides is 1. The quantitative estimate of drug-likeness (QED) is 0.625. The Morgan fingerprint density at radius 3 is 2.50 bits per heavy atom. The molecule has 136 valence electrons. The molecule has 0 atom stereocenters. The maximum absolute atomic E-state index is 12.4. The number of quaternary nitrogens is 1. The molecule has 0 saturated carbocycles. The van der Waals surface area contributed by atoms with E-state index in [4.69, 9.17) is 0 Å². The van der Waals surface area contributed by atoms with E-state index < -0.39 is 4.92 Å². The Morgan fingerprint density at radius 1 is 1.15 bits per heavy atom. The Morgan fingerprint density at radius 2 is 1.85 bits per heavy atom. The van der Waals surface area contributed by atoms with E-state index in [2.05, 4.69) is 22.3 Å². The van der Waals surface area contributed by atoms with Crippen LogP contribution in [0.3, 0.4) is 0 Å². The number of nitro groups is 1. The summed E-state index contributed by atoms with van der Waals surface area (Å²) in [7, 11) is 0. The SMILES string of the molecule is Cc1cccc([N+](=O)[O-])c1NC(=O)C[NH+]1CCN(c2ccccc2)CC1. The monoisotopic (exact) mass is 355 g/mol. The standard InChI is InChI=1S/C19H22N4O3/c1-15-6-5-9-17(23(25)26)19(15)20-18(24)14-21-10-12-22(13-11-21)16-7-3-2-4-8-16/h2-9H,10-14H2,1H3,(H,20,24)/p+1. The normalized spacial score (nSPS) is 14.9. The van der Waals surface area contributed by atoms with E-state index in [1.54, 1.807) is 19.1 Å². The molecular formula is C19H23N4O3+. The lowest BCUT2D eigenvalue weighted by Gasteiger charge is -2.33. The Kier molecular flexibility index (Phi) is 5.48. The minimum Gasteiger partial charge on any atom is -0.360 e. The fourth-order valence-electron chi connectivity index (χ4n) is 3.27. The molecule has 2 aromatic rings. The highest BCUT2D eigenvalue weighted by atomic mass is 16.6. The van der Waals surface area contributed by atoms with Crippen LogP contribution in [0, 0.1) is 17.0 Å². The molecule has 0 bridgehead atoms. The van der Waals surface area contributed by atoms with Crippen molar-refractivity contribution in [2.45, 2.75) is 6.92 Å². The molecule has 1 amide bonds. The van der Waals surface area contributed by atoms with E-state index in [1.165, 1.54) is 16.7 Å². The molecule has 0 radical (unpaired) electrons. The molecule has 0 spiro atoms. The van der Waals surface area contributed by atoms with Crippen LogP contribution in [0.15, 0.2) is 48.5 Å². The topological polar surface area (TPSA) is 79.9 Å². The molecule has 0 unspecified atom stereocenters. The van der Waals surface area contributed by atoms with Crippen molar-refractivity contribution >= 4 is 23.0 Å². The van der Waals surface area contributed by atoms with Gasteiger partial charge in [-0.15, -0.1) is 0 Å². The summed E-state index contributed by atoms with van der Waals surface area (Å²) < 4.78 is 0. The van der Waals surface area contributed by atoms with Crippen molar-refractivity contribution in [1.29, 1.82) is 0 Å². The zero-order valence-electron chi connectivity index (χ0n) is 14.8. The number of rotatable bonds is 5. The lowest BCUT2D eigenvalue weighted by atomic mass is 10.1. The van der Waals surface area contributed by atoms with Crippen LogP contribution in [0.5, 0.6) is 0 Å². The maximum atomic E-state index is 12.4. The molecule has 26 heavy (non-hydrogen) atoms. The zero-order valence-corrected chi connectivity index (χ0v) is 14.8. The number of anilines is 2. The molecule has 1 aliphatic heterocycles. The zero-order chi connectivity index (χ0) is 18.5. The van der Waals surface area contributed by atoms with Crippen molar-refractivity contribution in [3.05, 3.63) is 64.2 Å². The molecule has 1 aliphatic rings. The van der Waals surface area contributed by atoms with Crippen molar-refractivity contribution in [1.82, 2.24) is 0 Å². The summed E-state index contributed by atoms with van der Waals surface area (Å²) in [5, 5.41) is 13.9. The molecule has 0 aliphatic carbocycles. The second-order valence-electron chi connectivity index (χ2n) is 6.52. The highest BCUT2D eigenvalue weighted by Gasteiger charge is 2.24. The van der Waals surface area contributed by atoms with Gasteiger partial charge < -0.3 is 15.1 Å². The maximum Gasteiger partial charge on any atom is 0.293 e. The summed E-state index contributed by atoms with van der Waals surface area (Å²) in [6.07, 6.45) is 0. The number of piperazine rings is 1. The van der Waals surface area contributed by atoms with E-state index in [1.807, 2.05) is 18.2 Å². The van der Waals surface area contributed by atoms with Crippen LogP contribution in [0.1, 0.15) is 5.56 Å². The van der Waals surface area contributed by atoms with E-state index in [9.17, 15) is 14.9 Å². The number of carbonyl (C=O) groups excluding carboxylic acids is 1. The average molecular weight is 355 g/mol. The first-order valence-corrected chi connectivity index (χ1v) is 8.72. The largest absolute Gasteiger partial charge is 0.360 e. The van der Waals surface area contributed by atoms with Gasteiger partial charge in [-0.1, -0.05) is 30.3 Å². The van der Waals surface area contributed by atoms with E-state index >= 15 is 0 Å². The summed E-state index contributed by atoms with van der Waals surface area (Å²) in [6.45, 7) is 5.56. The summed E-state index contributed by atoms with van der Waals surface area (Å²) >= 11 is 0. The van der Waals surface area contributed by atoms with Gasteiger partial charge in [0.15, 0.2) is 6.54 Å². The summed E-state index contributed by atoms with van der Waals surface area (Å²) in [6, 6.07) is 15.0. The highest BCUT2D eigenvalue weighted by Crippen LogP contribution is 2.27. The summed E-state index contributed by atoms with van der Waals surface area (Å²) in [4.78, 5) is 26.6. The van der Waals surface area contributed by atoms with Crippen LogP contribution >= 0.6 is 0 Å². The van der Waals surface area contributed by atoms with Gasteiger partial charge in [0.1, 0.15) is 5.69 Å². The number of nitrogens with zero attached hydrogens (tertiary/aromatic N) is 2. The van der Waals surface area contributed by atoms with Crippen LogP contribution in [-0.2, 0) is 4.79 Å². The van der Waals surface area contributed by atoms with Crippen LogP contribution < -0.4 is 15.1 Å². The van der Waals surface area contributed by atoms with Crippen LogP contribution in [0.4, 0.5) is 17.1 Å². The van der Waals surface area contributed by atoms with Gasteiger partial charge in [0.25, 0.3) is 11.6 Å². The molecule has 1 fully saturated rings. The van der Waals surface area contributed by atoms with Crippen LogP contribution in [-0.4, -0.2) is 43.6 Å². The second kappa shape index (κ2) is 7.97. The summed E-state index contributed by atoms with van der Waals surface area (Å²) in [5.41, 5.74) is 2.12. The number of hydrogen-bond acceptors (Lipinski definition) is 4. The second-order valence-corrected chi connectivity index (χ2v) is 6.52. The molecular weight excluding hydrogens is 332 g/mol. The molecule has 0 aromatic heterocycles. The van der Waals surface area contributed by atoms with Crippen molar-refractivity contribution < 1.29 is 14.6 Å². The van der Waals surface area contributed by atoms with E-state index in [0.717, 1.165) is 26.2 Å². The predicted molar refractivity (Wildman–Crippen MR) is 101 cm³/mol. The summed E-state index contributed by atoms with van der Waals surface area (Å²) in [5.74, 6) is -0.189. The van der Waals surface area contributed by atoms with E-state index in [0.29, 0.717) is 17.8 Å². The van der Waals surface area contributed by atoms with E-state index in [-0.39, 0.29) is 11.6 Å². The van der Waals surface area contributed by atoms with Crippen LogP contribution in [0.2, 0.25) is 0 Å². The molecule has 1 saturated heterocycles. The van der Waals surface area contributed by atoms with Gasteiger partial charge in [-0.2, -0.15) is 0 Å². The fraction of sp³-hybridized carbons (Fsp3) is 0.316. The number of para-hydroxylation sites is 2. The van der Waals surface area contributed by atoms with Gasteiger partial charge >= 0.3 is 0 Å². The van der Waals surface area contributed by atoms with Gasteiger partial charge in [-0.05, 0) is 24.6 Å². The first kappa shape index (κ1) is 17.9. The number of hydrogen-bond donors (Lipinski definition) is 2. The molecule has 1 heterocycles. The van der Waals surface area contributed by atoms with Crippen molar-refractivity contribution in [3.8, 4) is 0 Å². The van der Waals surface area contributed by atoms with Crippen molar-refractivity contribution in [3.63, 3.8) is 0 Å². The molecule has 7 nitrogen and oxygen atoms in total. The molecule has 2 N–H and O–H groups in total. The number of benzene rings is 2. The third-order valence-electron chi connectivity index (χ3n) is 4.71. The number of nitro benzene ring substituents is 1. The highest BCUT2D eigenvalue weighted by molar-refractivity contribution is 5.94. The van der Waals surface area contributed by atoms with Gasteiger partial charge in [0.05, 0.1) is 31.1 Å². The molecule has 2 aromatic carbocycles. The number of carbonyl (C=O) groups is 1. The third-order valence-corrected chi connectivity index (χ3v) is 4.71. The lowest BCUT2D eigenvalue weighted by molar-refractivity contribution is -0.892. The first-order chi connectivity index (χ1) is 12.5. The van der Waals surface area contributed by atoms with Gasteiger partial charge in [0.2, 0.25) is 0 Å². The van der Waals surface area contributed by atoms with Gasteiger partial charge in [-0.25, -0.2) is 0 Å². The Labute approximate surface area is 152 Å². The average Bonchev–Trinajstić information content (AvgIpc) is 2.64. The minimum absolute atomic E-state index is 0.0674.